The number of hydrogen-bond acceptors (Lipinski definition) is 4. The summed E-state index contributed by atoms with van der Waals surface area (Å²) >= 11 is 1.96. The smallest absolute Gasteiger partial charge is 0.0980 e. The van der Waals surface area contributed by atoms with Crippen LogP contribution in [0.3, 0.4) is 0 Å². The van der Waals surface area contributed by atoms with Gasteiger partial charge >= 0.3 is 0 Å². The summed E-state index contributed by atoms with van der Waals surface area (Å²) in [6.07, 6.45) is 2.57. The van der Waals surface area contributed by atoms with Crippen molar-refractivity contribution < 1.29 is 0 Å². The molecule has 88 valence electrons. The van der Waals surface area contributed by atoms with Gasteiger partial charge in [0, 0.05) is 4.90 Å². The number of benzene rings is 1. The van der Waals surface area contributed by atoms with Crippen molar-refractivity contribution in [2.75, 3.05) is 19.8 Å². The zero-order valence-corrected chi connectivity index (χ0v) is 10.7. The number of hydrazine groups is 1. The molecule has 0 amide bonds. The lowest BCUT2D eigenvalue weighted by atomic mass is 10.0. The molecule has 0 bridgehead atoms. The lowest BCUT2D eigenvalue weighted by molar-refractivity contribution is 0.252. The van der Waals surface area contributed by atoms with E-state index in [2.05, 4.69) is 28.5 Å². The molecule has 0 fully saturated rings. The number of fused-ring (bicyclic) bond motifs is 1. The van der Waals surface area contributed by atoms with E-state index in [-0.39, 0.29) is 6.17 Å². The van der Waals surface area contributed by atoms with Crippen LogP contribution in [0.25, 0.3) is 0 Å². The Bertz CT molecular complexity index is 365. The maximum atomic E-state index is 5.58. The topological polar surface area (TPSA) is 41.3 Å². The van der Waals surface area contributed by atoms with E-state index in [0.29, 0.717) is 0 Å². The van der Waals surface area contributed by atoms with Gasteiger partial charge in [-0.1, -0.05) is 12.1 Å². The van der Waals surface area contributed by atoms with Gasteiger partial charge in [-0.2, -0.15) is 0 Å². The fraction of sp³-hybridized carbons (Fsp3) is 0.500. The van der Waals surface area contributed by atoms with Gasteiger partial charge in [-0.25, -0.2) is 5.43 Å². The van der Waals surface area contributed by atoms with Crippen LogP contribution in [0.5, 0.6) is 0 Å². The molecule has 1 atom stereocenters. The van der Waals surface area contributed by atoms with Crippen LogP contribution in [0.1, 0.15) is 23.7 Å². The number of hydrogen-bond donors (Lipinski definition) is 2. The predicted octanol–water partition coefficient (Wildman–Crippen LogP) is 1.75. The molecule has 0 aliphatic carbocycles. The molecule has 2 rings (SSSR count). The molecule has 0 aromatic heterocycles. The summed E-state index contributed by atoms with van der Waals surface area (Å²) in [5.41, 5.74) is 5.56. The lowest BCUT2D eigenvalue weighted by Crippen LogP contribution is -2.37. The molecule has 4 heteroatoms. The first-order chi connectivity index (χ1) is 7.72. The first-order valence-electron chi connectivity index (χ1n) is 5.60. The van der Waals surface area contributed by atoms with E-state index in [1.54, 1.807) is 0 Å². The van der Waals surface area contributed by atoms with E-state index in [4.69, 9.17) is 5.84 Å². The van der Waals surface area contributed by atoms with E-state index in [9.17, 15) is 0 Å². The summed E-state index contributed by atoms with van der Waals surface area (Å²) in [6.45, 7) is 0. The second-order valence-electron chi connectivity index (χ2n) is 4.35. The highest BCUT2D eigenvalue weighted by Crippen LogP contribution is 2.31. The Morgan fingerprint density at radius 2 is 2.25 bits per heavy atom. The Hall–Kier alpha value is -0.550. The van der Waals surface area contributed by atoms with E-state index < -0.39 is 0 Å². The maximum Gasteiger partial charge on any atom is 0.0980 e. The van der Waals surface area contributed by atoms with Crippen molar-refractivity contribution in [1.29, 1.82) is 0 Å². The normalized spacial score (nSPS) is 17.2. The number of thioether (sulfide) groups is 1. The Morgan fingerprint density at radius 1 is 1.44 bits per heavy atom. The molecular weight excluding hydrogens is 218 g/mol. The first kappa shape index (κ1) is 11.9. The van der Waals surface area contributed by atoms with Gasteiger partial charge in [-0.15, -0.1) is 11.8 Å². The van der Waals surface area contributed by atoms with Crippen LogP contribution < -0.4 is 11.3 Å². The van der Waals surface area contributed by atoms with Crippen molar-refractivity contribution in [2.45, 2.75) is 23.9 Å². The second-order valence-corrected chi connectivity index (χ2v) is 5.49. The quantitative estimate of drug-likeness (QED) is 0.477. The van der Waals surface area contributed by atoms with Crippen LogP contribution in [0, 0.1) is 0 Å². The maximum absolute atomic E-state index is 5.58. The van der Waals surface area contributed by atoms with E-state index in [1.165, 1.54) is 34.6 Å². The minimum Gasteiger partial charge on any atom is -0.289 e. The van der Waals surface area contributed by atoms with Crippen molar-refractivity contribution >= 4 is 11.8 Å². The molecule has 1 aliphatic heterocycles. The van der Waals surface area contributed by atoms with Crippen LogP contribution in [-0.4, -0.2) is 24.7 Å². The van der Waals surface area contributed by atoms with Gasteiger partial charge in [0.15, 0.2) is 0 Å². The standard InChI is InChI=1S/C12H19N3S/c1-15(2)12(14-13)10-5-6-11-9(8-10)4-3-7-16-11/h5-6,8,12,14H,3-4,7,13H2,1-2H3. The third-order valence-electron chi connectivity index (χ3n) is 2.92. The van der Waals surface area contributed by atoms with Gasteiger partial charge in [0.2, 0.25) is 0 Å². The minimum absolute atomic E-state index is 0.0947. The van der Waals surface area contributed by atoms with Gasteiger partial charge in [-0.3, -0.25) is 10.7 Å². The summed E-state index contributed by atoms with van der Waals surface area (Å²) in [7, 11) is 4.05. The molecule has 1 aromatic rings. The zero-order valence-electron chi connectivity index (χ0n) is 9.86. The van der Waals surface area contributed by atoms with Crippen molar-refractivity contribution in [2.24, 2.45) is 5.84 Å². The van der Waals surface area contributed by atoms with E-state index in [1.807, 2.05) is 25.9 Å². The van der Waals surface area contributed by atoms with Crippen LogP contribution in [0.15, 0.2) is 23.1 Å². The highest BCUT2D eigenvalue weighted by Gasteiger charge is 2.15. The second kappa shape index (κ2) is 5.19. The summed E-state index contributed by atoms with van der Waals surface area (Å²) in [5, 5.41) is 0. The Labute approximate surface area is 101 Å². The van der Waals surface area contributed by atoms with Crippen molar-refractivity contribution in [3.63, 3.8) is 0 Å². The molecular formula is C12H19N3S. The Kier molecular flexibility index (Phi) is 3.86. The Morgan fingerprint density at radius 3 is 2.94 bits per heavy atom. The lowest BCUT2D eigenvalue weighted by Gasteiger charge is -2.25. The molecule has 0 spiro atoms. The molecule has 0 radical (unpaired) electrons. The third-order valence-corrected chi connectivity index (χ3v) is 4.12. The average Bonchev–Trinajstić information content (AvgIpc) is 2.29. The van der Waals surface area contributed by atoms with Gasteiger partial charge in [0.25, 0.3) is 0 Å². The SMILES string of the molecule is CN(C)C(NN)c1ccc2c(c1)CCCS2. The molecule has 1 heterocycles. The number of rotatable bonds is 3. The van der Waals surface area contributed by atoms with Crippen LogP contribution >= 0.6 is 11.8 Å². The molecule has 1 unspecified atom stereocenters. The predicted molar refractivity (Wildman–Crippen MR) is 69.2 cm³/mol. The fourth-order valence-electron chi connectivity index (χ4n) is 2.09. The van der Waals surface area contributed by atoms with E-state index in [0.717, 1.165) is 0 Å². The molecule has 1 aliphatic rings. The van der Waals surface area contributed by atoms with Crippen molar-refractivity contribution in [3.05, 3.63) is 29.3 Å². The van der Waals surface area contributed by atoms with Gasteiger partial charge in [-0.05, 0) is 49.9 Å². The van der Waals surface area contributed by atoms with Gasteiger partial charge in [0.1, 0.15) is 0 Å². The highest BCUT2D eigenvalue weighted by molar-refractivity contribution is 7.99. The summed E-state index contributed by atoms with van der Waals surface area (Å²) in [4.78, 5) is 3.52. The van der Waals surface area contributed by atoms with Gasteiger partial charge in [0.05, 0.1) is 6.17 Å². The molecule has 3 nitrogen and oxygen atoms in total. The highest BCUT2D eigenvalue weighted by atomic mass is 32.2. The number of nitrogens with two attached hydrogens (primary N) is 1. The zero-order chi connectivity index (χ0) is 11.5. The van der Waals surface area contributed by atoms with Crippen molar-refractivity contribution in [1.82, 2.24) is 10.3 Å². The molecule has 16 heavy (non-hydrogen) atoms. The number of aryl methyl sites for hydroxylation is 1. The number of nitrogens with one attached hydrogen (secondary N) is 1. The molecule has 0 saturated heterocycles. The summed E-state index contributed by atoms with van der Waals surface area (Å²) < 4.78 is 0. The third kappa shape index (κ3) is 2.40. The van der Waals surface area contributed by atoms with Crippen molar-refractivity contribution in [3.8, 4) is 0 Å². The van der Waals surface area contributed by atoms with Gasteiger partial charge < -0.3 is 0 Å². The summed E-state index contributed by atoms with van der Waals surface area (Å²) in [6, 6.07) is 6.68. The largest absolute Gasteiger partial charge is 0.289 e. The van der Waals surface area contributed by atoms with Crippen LogP contribution in [-0.2, 0) is 6.42 Å². The fourth-order valence-corrected chi connectivity index (χ4v) is 3.11. The van der Waals surface area contributed by atoms with Crippen LogP contribution in [0.2, 0.25) is 0 Å². The minimum atomic E-state index is 0.0947. The van der Waals surface area contributed by atoms with E-state index >= 15 is 0 Å². The monoisotopic (exact) mass is 237 g/mol. The Balaban J connectivity index is 2.28. The summed E-state index contributed by atoms with van der Waals surface area (Å²) in [5.74, 6) is 6.83. The number of nitrogens with zero attached hydrogens (tertiary/aromatic N) is 1. The average molecular weight is 237 g/mol. The molecule has 1 aromatic carbocycles. The first-order valence-corrected chi connectivity index (χ1v) is 6.59. The van der Waals surface area contributed by atoms with Crippen LogP contribution in [0.4, 0.5) is 0 Å². The molecule has 0 saturated carbocycles. The molecule has 3 N–H and O–H groups in total.